The predicted molar refractivity (Wildman–Crippen MR) is 62.5 cm³/mol. The summed E-state index contributed by atoms with van der Waals surface area (Å²) in [6.07, 6.45) is -2.33. The molecule has 4 nitrogen and oxygen atoms in total. The SMILES string of the molecule is CCc1ccc([C@@H]2O[C@H](CO)[C@@H](O)[C@H]2O)cc1. The zero-order chi connectivity index (χ0) is 12.4. The van der Waals surface area contributed by atoms with Crippen LogP contribution < -0.4 is 0 Å². The number of ether oxygens (including phenoxy) is 1. The van der Waals surface area contributed by atoms with Crippen molar-refractivity contribution in [3.8, 4) is 0 Å². The van der Waals surface area contributed by atoms with Crippen molar-refractivity contribution in [3.05, 3.63) is 35.4 Å². The van der Waals surface area contributed by atoms with Crippen LogP contribution in [0.4, 0.5) is 0 Å². The standard InChI is InChI=1S/C13H18O4/c1-2-8-3-5-9(6-4-8)13-12(16)11(15)10(7-14)17-13/h3-6,10-16H,2,7H2,1H3/t10-,11-,12-,13+/m1/s1. The number of aliphatic hydroxyl groups excluding tert-OH is 3. The molecule has 3 N–H and O–H groups in total. The van der Waals surface area contributed by atoms with Gasteiger partial charge in [0.25, 0.3) is 0 Å². The maximum absolute atomic E-state index is 9.85. The first-order valence-corrected chi connectivity index (χ1v) is 5.88. The lowest BCUT2D eigenvalue weighted by molar-refractivity contribution is -0.0227. The van der Waals surface area contributed by atoms with Gasteiger partial charge in [0.05, 0.1) is 6.61 Å². The van der Waals surface area contributed by atoms with Gasteiger partial charge in [-0.2, -0.15) is 0 Å². The van der Waals surface area contributed by atoms with Gasteiger partial charge in [-0.3, -0.25) is 0 Å². The van der Waals surface area contributed by atoms with E-state index in [9.17, 15) is 10.2 Å². The summed E-state index contributed by atoms with van der Waals surface area (Å²) < 4.78 is 5.44. The molecule has 94 valence electrons. The van der Waals surface area contributed by atoms with E-state index in [1.807, 2.05) is 24.3 Å². The fourth-order valence-electron chi connectivity index (χ4n) is 2.12. The van der Waals surface area contributed by atoms with Crippen LogP contribution in [0, 0.1) is 0 Å². The molecule has 1 fully saturated rings. The van der Waals surface area contributed by atoms with E-state index in [0.717, 1.165) is 12.0 Å². The van der Waals surface area contributed by atoms with Gasteiger partial charge in [0.15, 0.2) is 0 Å². The summed E-state index contributed by atoms with van der Waals surface area (Å²) in [6.45, 7) is 1.78. The van der Waals surface area contributed by atoms with Crippen LogP contribution >= 0.6 is 0 Å². The van der Waals surface area contributed by atoms with E-state index in [4.69, 9.17) is 9.84 Å². The minimum Gasteiger partial charge on any atom is -0.394 e. The minimum atomic E-state index is -1.03. The van der Waals surface area contributed by atoms with Crippen molar-refractivity contribution in [2.24, 2.45) is 0 Å². The van der Waals surface area contributed by atoms with Gasteiger partial charge in [-0.25, -0.2) is 0 Å². The Balaban J connectivity index is 2.16. The maximum Gasteiger partial charge on any atom is 0.113 e. The van der Waals surface area contributed by atoms with Crippen LogP contribution in [0.25, 0.3) is 0 Å². The van der Waals surface area contributed by atoms with E-state index < -0.39 is 24.4 Å². The summed E-state index contributed by atoms with van der Waals surface area (Å²) >= 11 is 0. The summed E-state index contributed by atoms with van der Waals surface area (Å²) in [4.78, 5) is 0. The first kappa shape index (κ1) is 12.5. The molecule has 0 amide bonds. The largest absolute Gasteiger partial charge is 0.394 e. The van der Waals surface area contributed by atoms with Crippen molar-refractivity contribution < 1.29 is 20.1 Å². The summed E-state index contributed by atoms with van der Waals surface area (Å²) in [7, 11) is 0. The van der Waals surface area contributed by atoms with Crippen molar-refractivity contribution in [1.29, 1.82) is 0 Å². The fraction of sp³-hybridized carbons (Fsp3) is 0.538. The van der Waals surface area contributed by atoms with E-state index in [-0.39, 0.29) is 6.61 Å². The van der Waals surface area contributed by atoms with Gasteiger partial charge in [0, 0.05) is 0 Å². The smallest absolute Gasteiger partial charge is 0.113 e. The molecule has 0 spiro atoms. The van der Waals surface area contributed by atoms with Gasteiger partial charge in [-0.15, -0.1) is 0 Å². The molecule has 1 aliphatic heterocycles. The second-order valence-corrected chi connectivity index (χ2v) is 4.35. The Bertz CT molecular complexity index is 362. The molecule has 0 radical (unpaired) electrons. The highest BCUT2D eigenvalue weighted by molar-refractivity contribution is 5.26. The normalized spacial score (nSPS) is 32.9. The van der Waals surface area contributed by atoms with Crippen molar-refractivity contribution in [2.75, 3.05) is 6.61 Å². The van der Waals surface area contributed by atoms with Crippen molar-refractivity contribution in [1.82, 2.24) is 0 Å². The maximum atomic E-state index is 9.85. The van der Waals surface area contributed by atoms with E-state index in [1.54, 1.807) is 0 Å². The molecule has 1 heterocycles. The lowest BCUT2D eigenvalue weighted by Gasteiger charge is -2.15. The molecule has 0 bridgehead atoms. The van der Waals surface area contributed by atoms with E-state index >= 15 is 0 Å². The van der Waals surface area contributed by atoms with Crippen LogP contribution in [-0.4, -0.2) is 40.2 Å². The van der Waals surface area contributed by atoms with Gasteiger partial charge in [0.2, 0.25) is 0 Å². The molecule has 4 heteroatoms. The molecule has 0 unspecified atom stereocenters. The molecular weight excluding hydrogens is 220 g/mol. The summed E-state index contributed by atoms with van der Waals surface area (Å²) in [6, 6.07) is 7.73. The lowest BCUT2D eigenvalue weighted by atomic mass is 10.00. The molecule has 4 atom stereocenters. The van der Waals surface area contributed by atoms with Crippen LogP contribution in [0.3, 0.4) is 0 Å². The Morgan fingerprint density at radius 1 is 1.12 bits per heavy atom. The van der Waals surface area contributed by atoms with Crippen LogP contribution in [0.5, 0.6) is 0 Å². The Morgan fingerprint density at radius 2 is 1.76 bits per heavy atom. The second kappa shape index (κ2) is 5.14. The third kappa shape index (κ3) is 2.35. The number of rotatable bonds is 3. The van der Waals surface area contributed by atoms with Crippen molar-refractivity contribution in [2.45, 2.75) is 37.8 Å². The predicted octanol–water partition coefficient (Wildman–Crippen LogP) is 0.403. The topological polar surface area (TPSA) is 69.9 Å². The third-order valence-corrected chi connectivity index (χ3v) is 3.26. The first-order valence-electron chi connectivity index (χ1n) is 5.88. The first-order chi connectivity index (χ1) is 8.17. The molecule has 0 aliphatic carbocycles. The monoisotopic (exact) mass is 238 g/mol. The van der Waals surface area contributed by atoms with Gasteiger partial charge in [0.1, 0.15) is 24.4 Å². The third-order valence-electron chi connectivity index (χ3n) is 3.26. The minimum absolute atomic E-state index is 0.290. The lowest BCUT2D eigenvalue weighted by Crippen LogP contribution is -2.32. The number of hydrogen-bond acceptors (Lipinski definition) is 4. The van der Waals surface area contributed by atoms with Crippen LogP contribution in [0.1, 0.15) is 24.2 Å². The van der Waals surface area contributed by atoms with Crippen LogP contribution in [0.2, 0.25) is 0 Å². The van der Waals surface area contributed by atoms with Crippen LogP contribution in [-0.2, 0) is 11.2 Å². The van der Waals surface area contributed by atoms with Crippen LogP contribution in [0.15, 0.2) is 24.3 Å². The van der Waals surface area contributed by atoms with Crippen molar-refractivity contribution >= 4 is 0 Å². The molecule has 1 saturated heterocycles. The van der Waals surface area contributed by atoms with Gasteiger partial charge >= 0.3 is 0 Å². The number of benzene rings is 1. The Kier molecular flexibility index (Phi) is 3.79. The molecule has 1 aromatic rings. The highest BCUT2D eigenvalue weighted by Crippen LogP contribution is 2.33. The van der Waals surface area contributed by atoms with Gasteiger partial charge in [-0.05, 0) is 17.5 Å². The molecule has 2 rings (SSSR count). The Hall–Kier alpha value is -0.940. The number of aryl methyl sites for hydroxylation is 1. The Morgan fingerprint density at radius 3 is 2.24 bits per heavy atom. The molecule has 17 heavy (non-hydrogen) atoms. The Labute approximate surface area is 100 Å². The van der Waals surface area contributed by atoms with E-state index in [0.29, 0.717) is 0 Å². The summed E-state index contributed by atoms with van der Waals surface area (Å²) in [5.74, 6) is 0. The van der Waals surface area contributed by atoms with Crippen molar-refractivity contribution in [3.63, 3.8) is 0 Å². The summed E-state index contributed by atoms with van der Waals surface area (Å²) in [5.41, 5.74) is 2.03. The number of hydrogen-bond donors (Lipinski definition) is 3. The molecule has 1 aliphatic rings. The van der Waals surface area contributed by atoms with E-state index in [2.05, 4.69) is 6.92 Å². The van der Waals surface area contributed by atoms with E-state index in [1.165, 1.54) is 5.56 Å². The average Bonchev–Trinajstić information content (AvgIpc) is 2.66. The highest BCUT2D eigenvalue weighted by atomic mass is 16.6. The van der Waals surface area contributed by atoms with Gasteiger partial charge < -0.3 is 20.1 Å². The average molecular weight is 238 g/mol. The molecule has 1 aromatic carbocycles. The van der Waals surface area contributed by atoms with Gasteiger partial charge in [-0.1, -0.05) is 31.2 Å². The quantitative estimate of drug-likeness (QED) is 0.713. The molecule has 0 aromatic heterocycles. The number of aliphatic hydroxyl groups is 3. The fourth-order valence-corrected chi connectivity index (χ4v) is 2.12. The second-order valence-electron chi connectivity index (χ2n) is 4.35. The zero-order valence-corrected chi connectivity index (χ0v) is 9.78. The summed E-state index contributed by atoms with van der Waals surface area (Å²) in [5, 5.41) is 28.5. The zero-order valence-electron chi connectivity index (χ0n) is 9.78. The highest BCUT2D eigenvalue weighted by Gasteiger charge is 2.42. The molecular formula is C13H18O4. The molecule has 0 saturated carbocycles.